The molecule has 0 bridgehead atoms. The Bertz CT molecular complexity index is 1830. The molecule has 2 N–H and O–H groups in total. The van der Waals surface area contributed by atoms with Crippen LogP contribution in [0.4, 0.5) is 5.82 Å². The number of hydrogen-bond acceptors (Lipinski definition) is 7. The van der Waals surface area contributed by atoms with Gasteiger partial charge in [0.1, 0.15) is 5.82 Å². The minimum atomic E-state index is -0.624. The number of hydrogen-bond donors (Lipinski definition) is 1. The average molecular weight is 600 g/mol. The van der Waals surface area contributed by atoms with Crippen molar-refractivity contribution in [3.63, 3.8) is 0 Å². The summed E-state index contributed by atoms with van der Waals surface area (Å²) in [6, 6.07) is 10.0. The van der Waals surface area contributed by atoms with Crippen molar-refractivity contribution in [2.24, 2.45) is 5.73 Å². The third-order valence-electron chi connectivity index (χ3n) is 7.89. The predicted octanol–water partition coefficient (Wildman–Crippen LogP) is 4.64. The molecular weight excluding hydrogens is 566 g/mol. The van der Waals surface area contributed by atoms with Crippen LogP contribution in [0, 0.1) is 6.92 Å². The molecule has 1 aliphatic rings. The lowest BCUT2D eigenvalue weighted by molar-refractivity contribution is -0.128. The first kappa shape index (κ1) is 29.9. The molecule has 3 aromatic heterocycles. The summed E-state index contributed by atoms with van der Waals surface area (Å²) in [5, 5.41) is 0.813. The molecule has 11 heteroatoms. The molecule has 0 unspecified atom stereocenters. The van der Waals surface area contributed by atoms with Gasteiger partial charge in [-0.3, -0.25) is 14.6 Å². The van der Waals surface area contributed by atoms with Crippen molar-refractivity contribution in [2.75, 3.05) is 18.0 Å². The highest BCUT2D eigenvalue weighted by atomic mass is 35.5. The number of pyridine rings is 2. The standard InChI is InChI=1S/C32H34ClN7O3/c1-7-25(41)38-15-20(6)39(16-19(38)5)30-23-14-24(33)27(21-10-8-9-11-22(21)29(34)42)36-31(23)40(32(43)37-30)28-18(4)12-13-35-26(28)17(2)3/h7-14,17,19-20H,1,15-16H2,2-6H3,(H2,34,42)/t19-,20+/m1/s1. The van der Waals surface area contributed by atoms with Gasteiger partial charge in [-0.25, -0.2) is 14.3 Å². The van der Waals surface area contributed by atoms with Crippen LogP contribution in [-0.2, 0) is 4.79 Å². The van der Waals surface area contributed by atoms with Crippen molar-refractivity contribution in [2.45, 2.75) is 52.6 Å². The Hall–Kier alpha value is -4.57. The maximum absolute atomic E-state index is 14.1. The fourth-order valence-electron chi connectivity index (χ4n) is 5.75. The van der Waals surface area contributed by atoms with Crippen molar-refractivity contribution < 1.29 is 9.59 Å². The summed E-state index contributed by atoms with van der Waals surface area (Å²) in [6.07, 6.45) is 3.03. The van der Waals surface area contributed by atoms with Crippen LogP contribution >= 0.6 is 11.6 Å². The van der Waals surface area contributed by atoms with Gasteiger partial charge in [0.05, 0.1) is 27.5 Å². The summed E-state index contributed by atoms with van der Waals surface area (Å²) in [6.45, 7) is 14.3. The second kappa shape index (κ2) is 11.6. The van der Waals surface area contributed by atoms with E-state index in [0.29, 0.717) is 52.6 Å². The van der Waals surface area contributed by atoms with Gasteiger partial charge in [-0.05, 0) is 56.5 Å². The Kier molecular flexibility index (Phi) is 8.07. The quantitative estimate of drug-likeness (QED) is 0.320. The molecule has 1 aromatic carbocycles. The van der Waals surface area contributed by atoms with Crippen molar-refractivity contribution >= 4 is 40.3 Å². The van der Waals surface area contributed by atoms with E-state index in [0.717, 1.165) is 5.56 Å². The molecule has 0 spiro atoms. The Morgan fingerprint density at radius 3 is 2.51 bits per heavy atom. The Morgan fingerprint density at radius 2 is 1.84 bits per heavy atom. The minimum Gasteiger partial charge on any atom is -0.366 e. The Labute approximate surface area is 254 Å². The first-order chi connectivity index (χ1) is 20.4. The molecule has 2 amide bonds. The lowest BCUT2D eigenvalue weighted by Gasteiger charge is -2.44. The van der Waals surface area contributed by atoms with Crippen LogP contribution in [0.1, 0.15) is 55.2 Å². The largest absolute Gasteiger partial charge is 0.366 e. The molecule has 4 aromatic rings. The zero-order chi connectivity index (χ0) is 31.2. The second-order valence-corrected chi connectivity index (χ2v) is 11.6. The molecule has 0 aliphatic carbocycles. The monoisotopic (exact) mass is 599 g/mol. The number of carbonyl (C=O) groups excluding carboxylic acids is 2. The maximum Gasteiger partial charge on any atom is 0.355 e. The summed E-state index contributed by atoms with van der Waals surface area (Å²) >= 11 is 6.90. The summed E-state index contributed by atoms with van der Waals surface area (Å²) in [7, 11) is 0. The number of piperazine rings is 1. The maximum atomic E-state index is 14.1. The number of nitrogens with two attached hydrogens (primary N) is 1. The first-order valence-corrected chi connectivity index (χ1v) is 14.5. The van der Waals surface area contributed by atoms with Crippen LogP contribution in [0.25, 0.3) is 28.0 Å². The van der Waals surface area contributed by atoms with Gasteiger partial charge in [-0.15, -0.1) is 0 Å². The zero-order valence-electron chi connectivity index (χ0n) is 24.8. The fraction of sp³-hybridized carbons (Fsp3) is 0.312. The third-order valence-corrected chi connectivity index (χ3v) is 8.18. The van der Waals surface area contributed by atoms with E-state index in [1.165, 1.54) is 10.6 Å². The van der Waals surface area contributed by atoms with Gasteiger partial charge in [0.15, 0.2) is 5.65 Å². The number of amides is 2. The number of aromatic nitrogens is 4. The minimum absolute atomic E-state index is 0.00442. The molecule has 5 rings (SSSR count). The van der Waals surface area contributed by atoms with Crippen molar-refractivity contribution in [1.82, 2.24) is 24.4 Å². The molecule has 2 atom stereocenters. The Morgan fingerprint density at radius 1 is 1.12 bits per heavy atom. The number of benzene rings is 1. The van der Waals surface area contributed by atoms with E-state index in [2.05, 4.69) is 16.5 Å². The normalized spacial score (nSPS) is 17.0. The molecule has 0 saturated carbocycles. The van der Waals surface area contributed by atoms with Gasteiger partial charge >= 0.3 is 5.69 Å². The van der Waals surface area contributed by atoms with Crippen LogP contribution in [0.15, 0.2) is 60.0 Å². The smallest absolute Gasteiger partial charge is 0.355 e. The fourth-order valence-corrected chi connectivity index (χ4v) is 6.00. The highest BCUT2D eigenvalue weighted by Crippen LogP contribution is 2.36. The molecule has 10 nitrogen and oxygen atoms in total. The number of aryl methyl sites for hydroxylation is 1. The topological polar surface area (TPSA) is 127 Å². The van der Waals surface area contributed by atoms with E-state index in [1.54, 1.807) is 41.4 Å². The van der Waals surface area contributed by atoms with Gasteiger partial charge in [0.2, 0.25) is 11.8 Å². The number of carbonyl (C=O) groups is 2. The van der Waals surface area contributed by atoms with Gasteiger partial charge in [-0.2, -0.15) is 4.98 Å². The van der Waals surface area contributed by atoms with Gasteiger partial charge in [0, 0.05) is 42.5 Å². The van der Waals surface area contributed by atoms with Gasteiger partial charge < -0.3 is 15.5 Å². The van der Waals surface area contributed by atoms with Gasteiger partial charge in [-0.1, -0.05) is 50.2 Å². The number of rotatable bonds is 6. The van der Waals surface area contributed by atoms with E-state index in [1.807, 2.05) is 45.6 Å². The lowest BCUT2D eigenvalue weighted by atomic mass is 10.0. The zero-order valence-corrected chi connectivity index (χ0v) is 25.6. The van der Waals surface area contributed by atoms with Crippen molar-refractivity contribution in [3.8, 4) is 16.9 Å². The summed E-state index contributed by atoms with van der Waals surface area (Å²) in [5.41, 5.74) is 8.63. The molecule has 4 heterocycles. The number of primary amides is 1. The van der Waals surface area contributed by atoms with Crippen LogP contribution in [0.3, 0.4) is 0 Å². The number of halogens is 1. The molecule has 1 saturated heterocycles. The highest BCUT2D eigenvalue weighted by molar-refractivity contribution is 6.34. The molecular formula is C32H34ClN7O3. The van der Waals surface area contributed by atoms with E-state index in [9.17, 15) is 14.4 Å². The second-order valence-electron chi connectivity index (χ2n) is 11.2. The number of fused-ring (bicyclic) bond motifs is 1. The molecule has 43 heavy (non-hydrogen) atoms. The van der Waals surface area contributed by atoms with Crippen molar-refractivity contribution in [3.05, 3.63) is 87.6 Å². The Balaban J connectivity index is 1.85. The molecule has 1 aliphatic heterocycles. The third kappa shape index (κ3) is 5.27. The van der Waals surface area contributed by atoms with Crippen molar-refractivity contribution in [1.29, 1.82) is 0 Å². The lowest BCUT2D eigenvalue weighted by Crippen LogP contribution is -2.58. The number of anilines is 1. The first-order valence-electron chi connectivity index (χ1n) is 14.1. The summed E-state index contributed by atoms with van der Waals surface area (Å²) in [5.74, 6) is -0.363. The van der Waals surface area contributed by atoms with Crippen LogP contribution in [0.2, 0.25) is 5.02 Å². The average Bonchev–Trinajstić information content (AvgIpc) is 2.97. The van der Waals surface area contributed by atoms with Gasteiger partial charge in [0.25, 0.3) is 0 Å². The summed E-state index contributed by atoms with van der Waals surface area (Å²) in [4.78, 5) is 56.9. The van der Waals surface area contributed by atoms with E-state index in [4.69, 9.17) is 22.3 Å². The molecule has 0 radical (unpaired) electrons. The SMILES string of the molecule is C=CC(=O)N1C[C@H](C)N(c2nc(=O)n(-c3c(C)ccnc3C(C)C)c3nc(-c4ccccc4C(N)=O)c(Cl)cc23)C[C@H]1C. The highest BCUT2D eigenvalue weighted by Gasteiger charge is 2.34. The van der Waals surface area contributed by atoms with Crippen LogP contribution in [-0.4, -0.2) is 61.4 Å². The molecule has 222 valence electrons. The number of nitrogens with zero attached hydrogens (tertiary/aromatic N) is 6. The summed E-state index contributed by atoms with van der Waals surface area (Å²) < 4.78 is 1.48. The van der Waals surface area contributed by atoms with E-state index in [-0.39, 0.29) is 34.5 Å². The molecule has 1 fully saturated rings. The van der Waals surface area contributed by atoms with E-state index < -0.39 is 11.6 Å². The van der Waals surface area contributed by atoms with Crippen LogP contribution < -0.4 is 16.3 Å². The predicted molar refractivity (Wildman–Crippen MR) is 169 cm³/mol. The van der Waals surface area contributed by atoms with Crippen LogP contribution in [0.5, 0.6) is 0 Å². The van der Waals surface area contributed by atoms with E-state index >= 15 is 0 Å².